The highest BCUT2D eigenvalue weighted by Gasteiger charge is 2.29. The number of benzene rings is 1. The van der Waals surface area contributed by atoms with Crippen LogP contribution in [-0.2, 0) is 4.79 Å². The van der Waals surface area contributed by atoms with Gasteiger partial charge in [-0.1, -0.05) is 40.0 Å². The van der Waals surface area contributed by atoms with Crippen molar-refractivity contribution in [1.29, 1.82) is 0 Å². The zero-order valence-corrected chi connectivity index (χ0v) is 12.2. The molecule has 1 aromatic carbocycles. The lowest BCUT2D eigenvalue weighted by atomic mass is 10.0. The molecule has 0 aliphatic carbocycles. The molecule has 1 atom stereocenters. The molecule has 0 aromatic heterocycles. The van der Waals surface area contributed by atoms with Gasteiger partial charge in [0.2, 0.25) is 0 Å². The second-order valence-corrected chi connectivity index (χ2v) is 5.79. The minimum Gasteiger partial charge on any atom is -0.480 e. The van der Waals surface area contributed by atoms with Crippen molar-refractivity contribution in [1.82, 2.24) is 4.90 Å². The third kappa shape index (κ3) is 3.05. The molecule has 3 nitrogen and oxygen atoms in total. The van der Waals surface area contributed by atoms with Gasteiger partial charge in [-0.3, -0.25) is 9.69 Å². The molecular weight excluding hydrogens is 318 g/mol. The van der Waals surface area contributed by atoms with Crippen molar-refractivity contribution in [3.05, 3.63) is 33.3 Å². The molecule has 18 heavy (non-hydrogen) atoms. The Morgan fingerprint density at radius 3 is 2.56 bits per heavy atom. The van der Waals surface area contributed by atoms with Crippen LogP contribution in [0.25, 0.3) is 0 Å². The summed E-state index contributed by atoms with van der Waals surface area (Å²) >= 11 is 9.30. The fourth-order valence-electron chi connectivity index (χ4n) is 2.39. The molecule has 0 radical (unpaired) electrons. The van der Waals surface area contributed by atoms with Crippen LogP contribution in [0.4, 0.5) is 0 Å². The third-order valence-corrected chi connectivity index (χ3v) is 4.17. The molecule has 1 unspecified atom stereocenters. The van der Waals surface area contributed by atoms with Gasteiger partial charge in [-0.25, -0.2) is 0 Å². The van der Waals surface area contributed by atoms with Crippen molar-refractivity contribution in [2.75, 3.05) is 13.1 Å². The summed E-state index contributed by atoms with van der Waals surface area (Å²) < 4.78 is 0.757. The van der Waals surface area contributed by atoms with Gasteiger partial charge < -0.3 is 5.11 Å². The van der Waals surface area contributed by atoms with Crippen molar-refractivity contribution < 1.29 is 9.90 Å². The Balaban J connectivity index is 2.31. The zero-order valence-electron chi connectivity index (χ0n) is 9.90. The van der Waals surface area contributed by atoms with E-state index >= 15 is 0 Å². The second-order valence-electron chi connectivity index (χ2n) is 4.50. The number of carboxylic acids is 1. The maximum Gasteiger partial charge on any atom is 0.325 e. The lowest BCUT2D eigenvalue weighted by Gasteiger charge is -2.32. The van der Waals surface area contributed by atoms with Gasteiger partial charge in [0.25, 0.3) is 0 Å². The normalized spacial score (nSPS) is 18.6. The average Bonchev–Trinajstić information content (AvgIpc) is 2.33. The molecule has 0 spiro atoms. The Morgan fingerprint density at radius 2 is 2.00 bits per heavy atom. The molecule has 1 fully saturated rings. The Kier molecular flexibility index (Phi) is 4.65. The van der Waals surface area contributed by atoms with E-state index < -0.39 is 12.0 Å². The summed E-state index contributed by atoms with van der Waals surface area (Å²) in [4.78, 5) is 13.6. The minimum atomic E-state index is -0.806. The molecule has 1 N–H and O–H groups in total. The monoisotopic (exact) mass is 331 g/mol. The first kappa shape index (κ1) is 13.8. The highest BCUT2D eigenvalue weighted by Crippen LogP contribution is 2.32. The SMILES string of the molecule is O=C(O)C(c1ccc(Cl)cc1Br)N1CCCCC1. The van der Waals surface area contributed by atoms with Crippen LogP contribution in [0.1, 0.15) is 30.9 Å². The molecule has 0 amide bonds. The van der Waals surface area contributed by atoms with Gasteiger partial charge in [-0.05, 0) is 43.6 Å². The van der Waals surface area contributed by atoms with Crippen LogP contribution in [0, 0.1) is 0 Å². The predicted molar refractivity (Wildman–Crippen MR) is 75.0 cm³/mol. The van der Waals surface area contributed by atoms with E-state index in [0.717, 1.165) is 36.0 Å². The van der Waals surface area contributed by atoms with Crippen molar-refractivity contribution in [2.45, 2.75) is 25.3 Å². The quantitative estimate of drug-likeness (QED) is 0.917. The average molecular weight is 333 g/mol. The Labute approximate surface area is 120 Å². The van der Waals surface area contributed by atoms with Gasteiger partial charge >= 0.3 is 5.97 Å². The summed E-state index contributed by atoms with van der Waals surface area (Å²) in [7, 11) is 0. The topological polar surface area (TPSA) is 40.5 Å². The van der Waals surface area contributed by atoms with E-state index in [1.54, 1.807) is 18.2 Å². The van der Waals surface area contributed by atoms with Crippen LogP contribution in [0.5, 0.6) is 0 Å². The van der Waals surface area contributed by atoms with Crippen LogP contribution in [0.3, 0.4) is 0 Å². The number of halogens is 2. The molecule has 5 heteroatoms. The largest absolute Gasteiger partial charge is 0.480 e. The minimum absolute atomic E-state index is 0.586. The van der Waals surface area contributed by atoms with Gasteiger partial charge in [-0.2, -0.15) is 0 Å². The molecule has 1 aliphatic heterocycles. The van der Waals surface area contributed by atoms with Gasteiger partial charge in [0.15, 0.2) is 0 Å². The van der Waals surface area contributed by atoms with E-state index in [9.17, 15) is 9.90 Å². The van der Waals surface area contributed by atoms with Gasteiger partial charge in [-0.15, -0.1) is 0 Å². The standard InChI is InChI=1S/C13H15BrClNO2/c14-11-8-9(15)4-5-10(11)12(13(17)18)16-6-2-1-3-7-16/h4-5,8,12H,1-3,6-7H2,(H,17,18). The molecule has 1 aromatic rings. The van der Waals surface area contributed by atoms with Crippen LogP contribution in [0.15, 0.2) is 22.7 Å². The molecule has 2 rings (SSSR count). The highest BCUT2D eigenvalue weighted by atomic mass is 79.9. The van der Waals surface area contributed by atoms with Crippen molar-refractivity contribution in [3.8, 4) is 0 Å². The lowest BCUT2D eigenvalue weighted by Crippen LogP contribution is -2.38. The van der Waals surface area contributed by atoms with E-state index in [0.29, 0.717) is 5.02 Å². The number of carbonyl (C=O) groups is 1. The van der Waals surface area contributed by atoms with Crippen molar-refractivity contribution in [3.63, 3.8) is 0 Å². The smallest absolute Gasteiger partial charge is 0.325 e. The van der Waals surface area contributed by atoms with E-state index in [1.807, 2.05) is 4.90 Å². The van der Waals surface area contributed by atoms with Crippen molar-refractivity contribution in [2.24, 2.45) is 0 Å². The molecule has 1 saturated heterocycles. The summed E-state index contributed by atoms with van der Waals surface area (Å²) in [6.45, 7) is 1.68. The fourth-order valence-corrected chi connectivity index (χ4v) is 3.29. The van der Waals surface area contributed by atoms with E-state index in [2.05, 4.69) is 15.9 Å². The number of rotatable bonds is 3. The second kappa shape index (κ2) is 6.04. The highest BCUT2D eigenvalue weighted by molar-refractivity contribution is 9.10. The molecule has 98 valence electrons. The molecule has 0 saturated carbocycles. The predicted octanol–water partition coefficient (Wildman–Crippen LogP) is 3.71. The fraction of sp³-hybridized carbons (Fsp3) is 0.462. The first-order valence-corrected chi connectivity index (χ1v) is 7.18. The molecule has 0 bridgehead atoms. The number of hydrogen-bond acceptors (Lipinski definition) is 2. The Morgan fingerprint density at radius 1 is 1.33 bits per heavy atom. The van der Waals surface area contributed by atoms with Crippen LogP contribution in [-0.4, -0.2) is 29.1 Å². The summed E-state index contributed by atoms with van der Waals surface area (Å²) in [5, 5.41) is 10.1. The number of carboxylic acid groups (broad SMARTS) is 1. The summed E-state index contributed by atoms with van der Waals surface area (Å²) in [5.74, 6) is -0.806. The van der Waals surface area contributed by atoms with Crippen LogP contribution in [0.2, 0.25) is 5.02 Å². The van der Waals surface area contributed by atoms with Crippen LogP contribution < -0.4 is 0 Å². The first-order chi connectivity index (χ1) is 8.59. The van der Waals surface area contributed by atoms with Crippen LogP contribution >= 0.6 is 27.5 Å². The maximum atomic E-state index is 11.5. The molecule has 1 aliphatic rings. The van der Waals surface area contributed by atoms with Gasteiger partial charge in [0, 0.05) is 9.50 Å². The summed E-state index contributed by atoms with van der Waals surface area (Å²) in [6.07, 6.45) is 3.31. The number of hydrogen-bond donors (Lipinski definition) is 1. The number of likely N-dealkylation sites (tertiary alicyclic amines) is 1. The van der Waals surface area contributed by atoms with E-state index in [1.165, 1.54) is 6.42 Å². The zero-order chi connectivity index (χ0) is 13.1. The maximum absolute atomic E-state index is 11.5. The molecular formula is C13H15BrClNO2. The summed E-state index contributed by atoms with van der Waals surface area (Å²) in [5.41, 5.74) is 0.772. The molecule has 1 heterocycles. The number of piperidine rings is 1. The van der Waals surface area contributed by atoms with Gasteiger partial charge in [0.05, 0.1) is 0 Å². The summed E-state index contributed by atoms with van der Waals surface area (Å²) in [6, 6.07) is 4.69. The number of nitrogens with zero attached hydrogens (tertiary/aromatic N) is 1. The van der Waals surface area contributed by atoms with Crippen molar-refractivity contribution >= 4 is 33.5 Å². The van der Waals surface area contributed by atoms with E-state index in [4.69, 9.17) is 11.6 Å². The Bertz CT molecular complexity index is 447. The van der Waals surface area contributed by atoms with Gasteiger partial charge in [0.1, 0.15) is 6.04 Å². The lowest BCUT2D eigenvalue weighted by molar-refractivity contribution is -0.144. The first-order valence-electron chi connectivity index (χ1n) is 6.01. The third-order valence-electron chi connectivity index (χ3n) is 3.25. The Hall–Kier alpha value is -0.580. The van der Waals surface area contributed by atoms with E-state index in [-0.39, 0.29) is 0 Å². The number of aliphatic carboxylic acids is 1.